The van der Waals surface area contributed by atoms with Crippen LogP contribution in [0.3, 0.4) is 0 Å². The van der Waals surface area contributed by atoms with Crippen molar-refractivity contribution in [3.05, 3.63) is 29.8 Å². The molecule has 110 valence electrons. The number of carbonyl (C=O) groups is 1. The molecule has 0 unspecified atom stereocenters. The molecule has 6 heteroatoms. The van der Waals surface area contributed by atoms with Crippen LogP contribution in [-0.4, -0.2) is 18.6 Å². The zero-order valence-corrected chi connectivity index (χ0v) is 11.1. The van der Waals surface area contributed by atoms with Gasteiger partial charge in [0.25, 0.3) is 0 Å². The fourth-order valence-corrected chi connectivity index (χ4v) is 1.83. The lowest BCUT2D eigenvalue weighted by Crippen LogP contribution is -2.30. The number of benzene rings is 1. The molecule has 1 saturated carbocycles. The van der Waals surface area contributed by atoms with Crippen LogP contribution in [0.25, 0.3) is 0 Å². The van der Waals surface area contributed by atoms with Gasteiger partial charge in [-0.2, -0.15) is 13.2 Å². The molecule has 1 aromatic rings. The van der Waals surface area contributed by atoms with Gasteiger partial charge < -0.3 is 10.6 Å². The highest BCUT2D eigenvalue weighted by molar-refractivity contribution is 5.93. The van der Waals surface area contributed by atoms with E-state index < -0.39 is 18.8 Å². The van der Waals surface area contributed by atoms with Gasteiger partial charge in [0, 0.05) is 17.6 Å². The Kier molecular flexibility index (Phi) is 4.32. The minimum Gasteiger partial charge on any atom is -0.326 e. The van der Waals surface area contributed by atoms with Crippen LogP contribution in [0.4, 0.5) is 18.9 Å². The van der Waals surface area contributed by atoms with Crippen molar-refractivity contribution in [3.8, 4) is 0 Å². The third-order valence-electron chi connectivity index (χ3n) is 3.24. The smallest absolute Gasteiger partial charge is 0.326 e. The Morgan fingerprint density at radius 1 is 1.30 bits per heavy atom. The molecule has 20 heavy (non-hydrogen) atoms. The second-order valence-electron chi connectivity index (χ2n) is 5.10. The van der Waals surface area contributed by atoms with Crippen molar-refractivity contribution in [1.29, 1.82) is 0 Å². The fourth-order valence-electron chi connectivity index (χ4n) is 1.83. The van der Waals surface area contributed by atoms with Crippen molar-refractivity contribution in [3.63, 3.8) is 0 Å². The fraction of sp³-hybridized carbons (Fsp3) is 0.500. The normalized spacial score (nSPS) is 16.8. The molecule has 0 heterocycles. The average molecular weight is 286 g/mol. The highest BCUT2D eigenvalue weighted by Gasteiger charge is 2.29. The van der Waals surface area contributed by atoms with E-state index in [2.05, 4.69) is 10.6 Å². The first-order chi connectivity index (χ1) is 9.35. The number of alkyl halides is 3. The third-order valence-corrected chi connectivity index (χ3v) is 3.24. The quantitative estimate of drug-likeness (QED) is 0.872. The van der Waals surface area contributed by atoms with Crippen LogP contribution < -0.4 is 10.6 Å². The highest BCUT2D eigenvalue weighted by Crippen LogP contribution is 2.30. The predicted molar refractivity (Wildman–Crippen MR) is 70.3 cm³/mol. The summed E-state index contributed by atoms with van der Waals surface area (Å²) in [5, 5.41) is 5.20. The Balaban J connectivity index is 1.88. The second kappa shape index (κ2) is 5.83. The Morgan fingerprint density at radius 2 is 1.90 bits per heavy atom. The number of rotatable bonds is 5. The summed E-state index contributed by atoms with van der Waals surface area (Å²) in [4.78, 5) is 11.6. The van der Waals surface area contributed by atoms with Gasteiger partial charge >= 0.3 is 6.18 Å². The lowest BCUT2D eigenvalue weighted by molar-refractivity contribution is -0.126. The Hall–Kier alpha value is -1.56. The van der Waals surface area contributed by atoms with Gasteiger partial charge in [-0.3, -0.25) is 4.79 Å². The molecule has 2 rings (SSSR count). The number of amides is 1. The summed E-state index contributed by atoms with van der Waals surface area (Å²) in [6, 6.07) is 6.46. The average Bonchev–Trinajstić information content (AvgIpc) is 3.20. The first kappa shape index (κ1) is 14.8. The van der Waals surface area contributed by atoms with Crippen LogP contribution in [0.15, 0.2) is 24.3 Å². The molecule has 1 amide bonds. The molecule has 1 fully saturated rings. The van der Waals surface area contributed by atoms with Crippen LogP contribution in [0.1, 0.15) is 31.4 Å². The molecule has 1 atom stereocenters. The van der Waals surface area contributed by atoms with E-state index in [1.165, 1.54) is 0 Å². The Bertz CT molecular complexity index is 466. The zero-order valence-electron chi connectivity index (χ0n) is 11.1. The van der Waals surface area contributed by atoms with Gasteiger partial charge in [0.15, 0.2) is 0 Å². The molecular formula is C14H17F3N2O. The maximum atomic E-state index is 12.1. The van der Waals surface area contributed by atoms with Gasteiger partial charge in [-0.25, -0.2) is 0 Å². The number of nitrogens with one attached hydrogen (secondary N) is 2. The summed E-state index contributed by atoms with van der Waals surface area (Å²) in [6.07, 6.45) is -2.35. The third kappa shape index (κ3) is 4.52. The van der Waals surface area contributed by atoms with Gasteiger partial charge in [0.05, 0.1) is 6.54 Å². The summed E-state index contributed by atoms with van der Waals surface area (Å²) in [7, 11) is 0. The summed E-state index contributed by atoms with van der Waals surface area (Å²) >= 11 is 0. The van der Waals surface area contributed by atoms with E-state index in [1.54, 1.807) is 31.2 Å². The number of hydrogen-bond donors (Lipinski definition) is 2. The molecule has 0 spiro atoms. The van der Waals surface area contributed by atoms with Gasteiger partial charge in [-0.05, 0) is 37.5 Å². The molecule has 0 bridgehead atoms. The molecule has 3 nitrogen and oxygen atoms in total. The van der Waals surface area contributed by atoms with Crippen LogP contribution in [-0.2, 0) is 4.79 Å². The van der Waals surface area contributed by atoms with Gasteiger partial charge in [-0.15, -0.1) is 0 Å². The molecule has 1 aliphatic carbocycles. The van der Waals surface area contributed by atoms with E-state index in [9.17, 15) is 18.0 Å². The van der Waals surface area contributed by atoms with Crippen molar-refractivity contribution >= 4 is 11.6 Å². The molecular weight excluding hydrogens is 269 g/mol. The molecule has 1 aliphatic rings. The molecule has 1 aromatic carbocycles. The lowest BCUT2D eigenvalue weighted by atomic mass is 10.1. The van der Waals surface area contributed by atoms with Gasteiger partial charge in [-0.1, -0.05) is 12.1 Å². The summed E-state index contributed by atoms with van der Waals surface area (Å²) in [6.45, 7) is 0.651. The van der Waals surface area contributed by atoms with Gasteiger partial charge in [0.2, 0.25) is 5.91 Å². The summed E-state index contributed by atoms with van der Waals surface area (Å²) < 4.78 is 36.3. The molecule has 0 aromatic heterocycles. The van der Waals surface area contributed by atoms with Crippen LogP contribution in [0.5, 0.6) is 0 Å². The monoisotopic (exact) mass is 286 g/mol. The first-order valence-corrected chi connectivity index (χ1v) is 6.56. The standard InChI is InChI=1S/C14H17F3N2O/c1-9(18-8-14(15,16)17)10-4-6-12(7-5-10)19-13(20)11-2-3-11/h4-7,9,11,18H,2-3,8H2,1H3,(H,19,20)/t9-/m1/s1. The van der Waals surface area contributed by atoms with E-state index >= 15 is 0 Å². The van der Waals surface area contributed by atoms with Crippen LogP contribution >= 0.6 is 0 Å². The highest BCUT2D eigenvalue weighted by atomic mass is 19.4. The van der Waals surface area contributed by atoms with Gasteiger partial charge in [0.1, 0.15) is 0 Å². The van der Waals surface area contributed by atoms with Crippen molar-refractivity contribution in [2.75, 3.05) is 11.9 Å². The Labute approximate surface area is 115 Å². The number of anilines is 1. The SMILES string of the molecule is C[C@@H](NCC(F)(F)F)c1ccc(NC(=O)C2CC2)cc1. The first-order valence-electron chi connectivity index (χ1n) is 6.56. The molecule has 0 aliphatic heterocycles. The van der Waals surface area contributed by atoms with E-state index in [1.807, 2.05) is 0 Å². The van der Waals surface area contributed by atoms with E-state index in [0.29, 0.717) is 5.69 Å². The number of hydrogen-bond acceptors (Lipinski definition) is 2. The van der Waals surface area contributed by atoms with E-state index in [4.69, 9.17) is 0 Å². The molecule has 2 N–H and O–H groups in total. The number of carbonyl (C=O) groups excluding carboxylic acids is 1. The van der Waals surface area contributed by atoms with E-state index in [0.717, 1.165) is 18.4 Å². The van der Waals surface area contributed by atoms with Crippen LogP contribution in [0, 0.1) is 5.92 Å². The zero-order chi connectivity index (χ0) is 14.8. The molecule has 0 saturated heterocycles. The second-order valence-corrected chi connectivity index (χ2v) is 5.10. The van der Waals surface area contributed by atoms with Crippen LogP contribution in [0.2, 0.25) is 0 Å². The largest absolute Gasteiger partial charge is 0.401 e. The topological polar surface area (TPSA) is 41.1 Å². The maximum absolute atomic E-state index is 12.1. The van der Waals surface area contributed by atoms with E-state index in [-0.39, 0.29) is 11.8 Å². The summed E-state index contributed by atoms with van der Waals surface area (Å²) in [5.41, 5.74) is 1.42. The van der Waals surface area contributed by atoms with Crippen molar-refractivity contribution in [2.24, 2.45) is 5.92 Å². The predicted octanol–water partition coefficient (Wildman–Crippen LogP) is 3.25. The number of halogens is 3. The molecule has 0 radical (unpaired) electrons. The van der Waals surface area contributed by atoms with Crippen molar-refractivity contribution in [1.82, 2.24) is 5.32 Å². The van der Waals surface area contributed by atoms with Crippen molar-refractivity contribution in [2.45, 2.75) is 32.0 Å². The minimum atomic E-state index is -4.22. The maximum Gasteiger partial charge on any atom is 0.401 e. The van der Waals surface area contributed by atoms with Crippen molar-refractivity contribution < 1.29 is 18.0 Å². The summed E-state index contributed by atoms with van der Waals surface area (Å²) in [5.74, 6) is 0.142. The lowest BCUT2D eigenvalue weighted by Gasteiger charge is -2.16. The Morgan fingerprint density at radius 3 is 2.40 bits per heavy atom. The minimum absolute atomic E-state index is 0.0148.